The number of carbonyl (C=O) groups is 2. The number of benzene rings is 1. The zero-order valence-electron chi connectivity index (χ0n) is 12.5. The number of anilines is 1. The fourth-order valence-electron chi connectivity index (χ4n) is 1.82. The fraction of sp³-hybridized carbons (Fsp3) is 0.133. The van der Waals surface area contributed by atoms with Gasteiger partial charge in [-0.3, -0.25) is 14.9 Å². The van der Waals surface area contributed by atoms with Crippen molar-refractivity contribution in [2.45, 2.75) is 6.92 Å². The normalized spacial score (nSPS) is 10.1. The maximum atomic E-state index is 12.2. The van der Waals surface area contributed by atoms with Gasteiger partial charge in [0.05, 0.1) is 22.1 Å². The van der Waals surface area contributed by atoms with E-state index < -0.39 is 22.5 Å². The summed E-state index contributed by atoms with van der Waals surface area (Å²) < 4.78 is 4.81. The summed E-state index contributed by atoms with van der Waals surface area (Å²) in [4.78, 5) is 38.2. The highest BCUT2D eigenvalue weighted by molar-refractivity contribution is 6.30. The van der Waals surface area contributed by atoms with Gasteiger partial charge < -0.3 is 10.1 Å². The van der Waals surface area contributed by atoms with Crippen molar-refractivity contribution in [2.75, 3.05) is 11.9 Å². The molecule has 1 N–H and O–H groups in total. The van der Waals surface area contributed by atoms with Gasteiger partial charge in [-0.2, -0.15) is 0 Å². The predicted octanol–water partition coefficient (Wildman–Crippen LogP) is 3.07. The van der Waals surface area contributed by atoms with Crippen LogP contribution < -0.4 is 5.32 Å². The van der Waals surface area contributed by atoms with Crippen molar-refractivity contribution in [3.63, 3.8) is 0 Å². The van der Waals surface area contributed by atoms with E-state index in [1.807, 2.05) is 0 Å². The number of nitrogens with zero attached hydrogens (tertiary/aromatic N) is 2. The van der Waals surface area contributed by atoms with Gasteiger partial charge in [0.15, 0.2) is 0 Å². The molecule has 0 bridgehead atoms. The Labute approximate surface area is 141 Å². The van der Waals surface area contributed by atoms with Crippen LogP contribution in [-0.4, -0.2) is 28.4 Å². The number of carbonyl (C=O) groups excluding carboxylic acids is 2. The molecule has 2 aromatic rings. The number of nitro benzene ring substituents is 1. The van der Waals surface area contributed by atoms with Crippen molar-refractivity contribution >= 4 is 35.0 Å². The van der Waals surface area contributed by atoms with Gasteiger partial charge in [0, 0.05) is 23.9 Å². The Morgan fingerprint density at radius 3 is 2.58 bits per heavy atom. The van der Waals surface area contributed by atoms with Gasteiger partial charge in [0.25, 0.3) is 11.6 Å². The van der Waals surface area contributed by atoms with Crippen LogP contribution in [0.3, 0.4) is 0 Å². The minimum Gasteiger partial charge on any atom is -0.462 e. The van der Waals surface area contributed by atoms with E-state index in [-0.39, 0.29) is 23.6 Å². The molecule has 2 rings (SSSR count). The topological polar surface area (TPSA) is 111 Å². The van der Waals surface area contributed by atoms with E-state index in [0.717, 1.165) is 12.1 Å². The number of nitrogens with one attached hydrogen (secondary N) is 1. The van der Waals surface area contributed by atoms with E-state index in [1.165, 1.54) is 24.4 Å². The largest absolute Gasteiger partial charge is 0.462 e. The maximum Gasteiger partial charge on any atom is 0.338 e. The third-order valence-electron chi connectivity index (χ3n) is 2.87. The molecule has 0 saturated heterocycles. The van der Waals surface area contributed by atoms with Crippen molar-refractivity contribution in [3.05, 3.63) is 62.8 Å². The second-order valence-electron chi connectivity index (χ2n) is 4.56. The van der Waals surface area contributed by atoms with Crippen molar-refractivity contribution in [3.8, 4) is 0 Å². The molecule has 8 nitrogen and oxygen atoms in total. The molecule has 24 heavy (non-hydrogen) atoms. The Hall–Kier alpha value is -3.00. The number of pyridine rings is 1. The highest BCUT2D eigenvalue weighted by Crippen LogP contribution is 2.19. The number of ether oxygens (including phenoxy) is 1. The lowest BCUT2D eigenvalue weighted by Gasteiger charge is -2.07. The van der Waals surface area contributed by atoms with Gasteiger partial charge in [-0.1, -0.05) is 11.6 Å². The molecule has 0 unspecified atom stereocenters. The molecular weight excluding hydrogens is 338 g/mol. The first-order valence-corrected chi connectivity index (χ1v) is 7.18. The predicted molar refractivity (Wildman–Crippen MR) is 86.3 cm³/mol. The minimum atomic E-state index is -0.750. The van der Waals surface area contributed by atoms with Crippen LogP contribution in [0.5, 0.6) is 0 Å². The maximum absolute atomic E-state index is 12.2. The molecule has 9 heteroatoms. The van der Waals surface area contributed by atoms with Crippen molar-refractivity contribution in [2.24, 2.45) is 0 Å². The number of amides is 1. The van der Waals surface area contributed by atoms with E-state index in [2.05, 4.69) is 10.3 Å². The first-order valence-electron chi connectivity index (χ1n) is 6.80. The lowest BCUT2D eigenvalue weighted by Crippen LogP contribution is -2.15. The Kier molecular flexibility index (Phi) is 5.43. The molecule has 1 amide bonds. The Balaban J connectivity index is 2.33. The van der Waals surface area contributed by atoms with Gasteiger partial charge in [0.1, 0.15) is 5.82 Å². The average molecular weight is 350 g/mol. The standard InChI is InChI=1S/C15H12ClN3O5/c1-2-24-15(21)10-5-9(6-12(7-10)19(22)23)14(20)18-13-4-3-11(16)8-17-13/h3-8H,2H2,1H3,(H,17,18,20). The summed E-state index contributed by atoms with van der Waals surface area (Å²) >= 11 is 5.70. The second kappa shape index (κ2) is 7.51. The lowest BCUT2D eigenvalue weighted by molar-refractivity contribution is -0.384. The number of hydrogen-bond acceptors (Lipinski definition) is 6. The van der Waals surface area contributed by atoms with Crippen LogP contribution in [0.2, 0.25) is 5.02 Å². The highest BCUT2D eigenvalue weighted by Gasteiger charge is 2.19. The monoisotopic (exact) mass is 349 g/mol. The Morgan fingerprint density at radius 1 is 1.29 bits per heavy atom. The molecule has 1 aromatic carbocycles. The summed E-state index contributed by atoms with van der Waals surface area (Å²) in [6.45, 7) is 1.72. The molecule has 0 saturated carbocycles. The number of nitro groups is 1. The number of esters is 1. The third-order valence-corrected chi connectivity index (χ3v) is 3.09. The van der Waals surface area contributed by atoms with Crippen LogP contribution in [0.1, 0.15) is 27.6 Å². The van der Waals surface area contributed by atoms with Gasteiger partial charge in [0.2, 0.25) is 0 Å². The van der Waals surface area contributed by atoms with Crippen LogP contribution in [0.15, 0.2) is 36.5 Å². The summed E-state index contributed by atoms with van der Waals surface area (Å²) in [5, 5.41) is 13.9. The quantitative estimate of drug-likeness (QED) is 0.504. The first kappa shape index (κ1) is 17.4. The number of non-ortho nitro benzene ring substituents is 1. The lowest BCUT2D eigenvalue weighted by atomic mass is 10.1. The zero-order chi connectivity index (χ0) is 17.7. The molecule has 0 aliphatic heterocycles. The molecule has 0 aliphatic carbocycles. The van der Waals surface area contributed by atoms with Gasteiger partial charge >= 0.3 is 5.97 Å². The number of rotatable bonds is 5. The first-order chi connectivity index (χ1) is 11.4. The molecule has 0 aliphatic rings. The van der Waals surface area contributed by atoms with Crippen LogP contribution in [0.25, 0.3) is 0 Å². The Bertz CT molecular complexity index is 792. The molecule has 0 atom stereocenters. The number of halogens is 1. The SMILES string of the molecule is CCOC(=O)c1cc(C(=O)Nc2ccc(Cl)cn2)cc([N+](=O)[O-])c1. The fourth-order valence-corrected chi connectivity index (χ4v) is 1.93. The summed E-state index contributed by atoms with van der Waals surface area (Å²) in [6, 6.07) is 6.34. The summed E-state index contributed by atoms with van der Waals surface area (Å²) in [7, 11) is 0. The second-order valence-corrected chi connectivity index (χ2v) is 5.00. The van der Waals surface area contributed by atoms with Gasteiger partial charge in [-0.15, -0.1) is 0 Å². The average Bonchev–Trinajstić information content (AvgIpc) is 2.56. The van der Waals surface area contributed by atoms with Gasteiger partial charge in [-0.05, 0) is 25.1 Å². The van der Waals surface area contributed by atoms with E-state index >= 15 is 0 Å². The van der Waals surface area contributed by atoms with E-state index in [0.29, 0.717) is 5.02 Å². The summed E-state index contributed by atoms with van der Waals surface area (Å²) in [5.41, 5.74) is -0.543. The summed E-state index contributed by atoms with van der Waals surface area (Å²) in [5.74, 6) is -1.19. The molecule has 0 fully saturated rings. The van der Waals surface area contributed by atoms with Gasteiger partial charge in [-0.25, -0.2) is 9.78 Å². The van der Waals surface area contributed by atoms with Crippen LogP contribution >= 0.6 is 11.6 Å². The molecule has 124 valence electrons. The van der Waals surface area contributed by atoms with Crippen LogP contribution in [0, 0.1) is 10.1 Å². The zero-order valence-corrected chi connectivity index (χ0v) is 13.2. The van der Waals surface area contributed by atoms with Crippen LogP contribution in [0.4, 0.5) is 11.5 Å². The Morgan fingerprint density at radius 2 is 2.00 bits per heavy atom. The molecular formula is C15H12ClN3O5. The van der Waals surface area contributed by atoms with E-state index in [1.54, 1.807) is 6.92 Å². The van der Waals surface area contributed by atoms with Crippen LogP contribution in [-0.2, 0) is 4.74 Å². The van der Waals surface area contributed by atoms with E-state index in [4.69, 9.17) is 16.3 Å². The number of aromatic nitrogens is 1. The molecule has 1 heterocycles. The molecule has 1 aromatic heterocycles. The smallest absolute Gasteiger partial charge is 0.338 e. The third kappa shape index (κ3) is 4.26. The van der Waals surface area contributed by atoms with Crippen molar-refractivity contribution in [1.82, 2.24) is 4.98 Å². The highest BCUT2D eigenvalue weighted by atomic mass is 35.5. The van der Waals surface area contributed by atoms with E-state index in [9.17, 15) is 19.7 Å². The molecule has 0 spiro atoms. The number of hydrogen-bond donors (Lipinski definition) is 1. The summed E-state index contributed by atoms with van der Waals surface area (Å²) in [6.07, 6.45) is 1.34. The van der Waals surface area contributed by atoms with Crippen molar-refractivity contribution in [1.29, 1.82) is 0 Å². The minimum absolute atomic E-state index is 0.0657. The molecule has 0 radical (unpaired) electrons. The van der Waals surface area contributed by atoms with Crippen molar-refractivity contribution < 1.29 is 19.2 Å².